The van der Waals surface area contributed by atoms with Gasteiger partial charge in [0.1, 0.15) is 0 Å². The summed E-state index contributed by atoms with van der Waals surface area (Å²) in [5, 5.41) is 7.72. The van der Waals surface area contributed by atoms with E-state index >= 15 is 0 Å². The summed E-state index contributed by atoms with van der Waals surface area (Å²) >= 11 is 0. The monoisotopic (exact) mass is 593 g/mol. The summed E-state index contributed by atoms with van der Waals surface area (Å²) in [6.07, 6.45) is 0. The van der Waals surface area contributed by atoms with Crippen LogP contribution in [0.1, 0.15) is 13.8 Å². The molecule has 210 valence electrons. The van der Waals surface area contributed by atoms with E-state index in [-0.39, 0.29) is 6.04 Å². The van der Waals surface area contributed by atoms with Crippen LogP contribution in [0.5, 0.6) is 11.5 Å². The molecule has 0 spiro atoms. The summed E-state index contributed by atoms with van der Waals surface area (Å²) in [7, 11) is -1.69. The van der Waals surface area contributed by atoms with Crippen LogP contribution in [-0.4, -0.2) is 6.04 Å². The number of ether oxygens (including phenoxy) is 1. The first-order valence-corrected chi connectivity index (χ1v) is 17.4. The molecule has 7 rings (SSSR count). The highest BCUT2D eigenvalue weighted by Crippen LogP contribution is 2.52. The fraction of sp³-hybridized carbons (Fsp3) is 0.0769. The lowest BCUT2D eigenvalue weighted by Gasteiger charge is -2.39. The van der Waals surface area contributed by atoms with E-state index in [1.165, 1.54) is 31.8 Å². The van der Waals surface area contributed by atoms with Crippen molar-refractivity contribution in [3.63, 3.8) is 0 Å². The third-order valence-electron chi connectivity index (χ3n) is 7.73. The van der Waals surface area contributed by atoms with E-state index in [1.54, 1.807) is 0 Å². The maximum atomic E-state index is 7.26. The Hall–Kier alpha value is -4.22. The molecule has 1 heterocycles. The summed E-state index contributed by atoms with van der Waals surface area (Å²) in [6.45, 7) is 4.54. The molecule has 0 saturated heterocycles. The van der Waals surface area contributed by atoms with Crippen LogP contribution in [0, 0.1) is 0 Å². The van der Waals surface area contributed by atoms with E-state index in [9.17, 15) is 0 Å². The zero-order valence-corrected chi connectivity index (χ0v) is 26.1. The molecule has 0 bridgehead atoms. The molecular formula is C39H33NOP2. The van der Waals surface area contributed by atoms with Crippen molar-refractivity contribution in [3.8, 4) is 11.5 Å². The zero-order valence-electron chi connectivity index (χ0n) is 24.3. The smallest absolute Gasteiger partial charge is 0.159 e. The molecule has 0 unspecified atom stereocenters. The predicted octanol–water partition coefficient (Wildman–Crippen LogP) is 7.86. The third-order valence-corrected chi connectivity index (χ3v) is 12.7. The first kappa shape index (κ1) is 27.6. The Morgan fingerprint density at radius 1 is 0.419 bits per heavy atom. The number of fused-ring (bicyclic) bond motifs is 2. The zero-order chi connectivity index (χ0) is 29.2. The number of para-hydroxylation sites is 2. The number of rotatable bonds is 7. The van der Waals surface area contributed by atoms with Gasteiger partial charge in [-0.2, -0.15) is 0 Å². The maximum absolute atomic E-state index is 7.26. The number of hydrogen-bond acceptors (Lipinski definition) is 2. The minimum absolute atomic E-state index is 0.242. The average Bonchev–Trinajstić information content (AvgIpc) is 3.06. The summed E-state index contributed by atoms with van der Waals surface area (Å²) in [6, 6.07) is 57.2. The Labute approximate surface area is 257 Å². The number of nitrogens with zero attached hydrogens (tertiary/aromatic N) is 1. The summed E-state index contributed by atoms with van der Waals surface area (Å²) in [5.74, 6) is 1.93. The Kier molecular flexibility index (Phi) is 7.82. The Bertz CT molecular complexity index is 1610. The molecule has 0 amide bonds. The van der Waals surface area contributed by atoms with Crippen LogP contribution in [0.25, 0.3) is 0 Å². The van der Waals surface area contributed by atoms with Crippen LogP contribution >= 0.6 is 15.8 Å². The van der Waals surface area contributed by atoms with Crippen LogP contribution in [0.3, 0.4) is 0 Å². The van der Waals surface area contributed by atoms with Crippen LogP contribution in [0.15, 0.2) is 158 Å². The van der Waals surface area contributed by atoms with Gasteiger partial charge in [0, 0.05) is 16.7 Å². The van der Waals surface area contributed by atoms with Crippen molar-refractivity contribution >= 4 is 59.0 Å². The van der Waals surface area contributed by atoms with Crippen molar-refractivity contribution in [2.45, 2.75) is 19.9 Å². The first-order valence-electron chi connectivity index (χ1n) is 14.7. The van der Waals surface area contributed by atoms with Crippen LogP contribution in [-0.2, 0) is 0 Å². The third kappa shape index (κ3) is 5.27. The van der Waals surface area contributed by atoms with Gasteiger partial charge in [-0.15, -0.1) is 0 Å². The molecule has 0 aliphatic carbocycles. The van der Waals surface area contributed by atoms with E-state index in [0.717, 1.165) is 22.9 Å². The second-order valence-electron chi connectivity index (χ2n) is 10.8. The molecule has 6 aromatic rings. The number of hydrogen-bond donors (Lipinski definition) is 0. The van der Waals surface area contributed by atoms with E-state index in [2.05, 4.69) is 176 Å². The molecule has 1 aliphatic heterocycles. The molecule has 43 heavy (non-hydrogen) atoms. The van der Waals surface area contributed by atoms with Crippen molar-refractivity contribution in [2.75, 3.05) is 4.90 Å². The largest absolute Gasteiger partial charge is 0.452 e. The topological polar surface area (TPSA) is 12.5 Å². The quantitative estimate of drug-likeness (QED) is 0.175. The van der Waals surface area contributed by atoms with E-state index in [1.807, 2.05) is 0 Å². The standard InChI is InChI=1S/C39H33NOP2/c1-29(2)40-34-25-15-27-36(42(30-17-7-3-8-18-30)31-19-9-4-10-20-31)38(34)41-39-35(40)26-16-28-37(39)43(32-21-11-5-12-22-32)33-23-13-6-14-24-33/h3-29H,1-2H3. The molecule has 0 saturated carbocycles. The summed E-state index contributed by atoms with van der Waals surface area (Å²) in [5.41, 5.74) is 2.25. The molecule has 1 aliphatic rings. The van der Waals surface area contributed by atoms with Gasteiger partial charge in [0.15, 0.2) is 11.5 Å². The van der Waals surface area contributed by atoms with Crippen molar-refractivity contribution in [1.29, 1.82) is 0 Å². The fourth-order valence-corrected chi connectivity index (χ4v) is 10.7. The van der Waals surface area contributed by atoms with Gasteiger partial charge >= 0.3 is 0 Å². The number of anilines is 2. The second-order valence-corrected chi connectivity index (χ2v) is 15.2. The van der Waals surface area contributed by atoms with E-state index < -0.39 is 15.8 Å². The van der Waals surface area contributed by atoms with Gasteiger partial charge in [0.05, 0.1) is 11.4 Å². The molecule has 0 aromatic heterocycles. The minimum Gasteiger partial charge on any atom is -0.452 e. The Morgan fingerprint density at radius 2 is 0.744 bits per heavy atom. The Morgan fingerprint density at radius 3 is 1.05 bits per heavy atom. The van der Waals surface area contributed by atoms with Crippen molar-refractivity contribution in [3.05, 3.63) is 158 Å². The highest BCUT2D eigenvalue weighted by molar-refractivity contribution is 7.80. The molecule has 0 atom stereocenters. The van der Waals surface area contributed by atoms with Gasteiger partial charge in [-0.25, -0.2) is 0 Å². The fourth-order valence-electron chi connectivity index (χ4n) is 5.92. The molecule has 0 radical (unpaired) electrons. The van der Waals surface area contributed by atoms with Gasteiger partial charge in [0.2, 0.25) is 0 Å². The second kappa shape index (κ2) is 12.2. The van der Waals surface area contributed by atoms with E-state index in [0.29, 0.717) is 0 Å². The molecule has 0 N–H and O–H groups in total. The first-order chi connectivity index (χ1) is 21.2. The highest BCUT2D eigenvalue weighted by Gasteiger charge is 2.34. The van der Waals surface area contributed by atoms with Gasteiger partial charge < -0.3 is 9.64 Å². The molecular weight excluding hydrogens is 560 g/mol. The minimum atomic E-state index is -0.847. The SMILES string of the molecule is CC(C)N1c2cccc(P(c3ccccc3)c3ccccc3)c2Oc2c1cccc2P(c1ccccc1)c1ccccc1. The van der Waals surface area contributed by atoms with E-state index in [4.69, 9.17) is 4.74 Å². The van der Waals surface area contributed by atoms with Gasteiger partial charge in [-0.05, 0) is 75.2 Å². The maximum Gasteiger partial charge on any atom is 0.159 e. The van der Waals surface area contributed by atoms with Crippen molar-refractivity contribution in [2.24, 2.45) is 0 Å². The predicted molar refractivity (Wildman–Crippen MR) is 188 cm³/mol. The normalized spacial score (nSPS) is 12.3. The van der Waals surface area contributed by atoms with Gasteiger partial charge in [-0.1, -0.05) is 133 Å². The summed E-state index contributed by atoms with van der Waals surface area (Å²) in [4.78, 5) is 2.47. The molecule has 4 heteroatoms. The summed E-state index contributed by atoms with van der Waals surface area (Å²) < 4.78 is 7.26. The van der Waals surface area contributed by atoms with Gasteiger partial charge in [0.25, 0.3) is 0 Å². The lowest BCUT2D eigenvalue weighted by molar-refractivity contribution is 0.477. The molecule has 6 aromatic carbocycles. The molecule has 2 nitrogen and oxygen atoms in total. The number of benzene rings is 6. The van der Waals surface area contributed by atoms with Crippen LogP contribution in [0.2, 0.25) is 0 Å². The molecule has 0 fully saturated rings. The van der Waals surface area contributed by atoms with Crippen molar-refractivity contribution in [1.82, 2.24) is 0 Å². The van der Waals surface area contributed by atoms with Crippen LogP contribution < -0.4 is 41.5 Å². The highest BCUT2D eigenvalue weighted by atomic mass is 31.1. The van der Waals surface area contributed by atoms with Gasteiger partial charge in [-0.3, -0.25) is 0 Å². The average molecular weight is 594 g/mol. The lowest BCUT2D eigenvalue weighted by Crippen LogP contribution is -2.33. The Balaban J connectivity index is 1.46. The van der Waals surface area contributed by atoms with Crippen LogP contribution in [0.4, 0.5) is 11.4 Å². The van der Waals surface area contributed by atoms with Crippen molar-refractivity contribution < 1.29 is 4.74 Å². The lowest BCUT2D eigenvalue weighted by atomic mass is 10.1.